The summed E-state index contributed by atoms with van der Waals surface area (Å²) in [7, 11) is 0. The monoisotopic (exact) mass is 494 g/mol. The summed E-state index contributed by atoms with van der Waals surface area (Å²) in [6, 6.07) is 34.3. The Labute approximate surface area is 224 Å². The molecule has 0 radical (unpaired) electrons. The molecule has 0 spiro atoms. The molecule has 38 heavy (non-hydrogen) atoms. The van der Waals surface area contributed by atoms with Crippen molar-refractivity contribution < 1.29 is 4.39 Å². The van der Waals surface area contributed by atoms with E-state index >= 15 is 4.39 Å². The Morgan fingerprint density at radius 2 is 0.921 bits per heavy atom. The molecule has 0 atom stereocenters. The summed E-state index contributed by atoms with van der Waals surface area (Å²) in [5.74, 6) is -0.163. The maximum absolute atomic E-state index is 15.8. The fourth-order valence-corrected chi connectivity index (χ4v) is 7.09. The Kier molecular flexibility index (Phi) is 4.74. The molecule has 0 bridgehead atoms. The van der Waals surface area contributed by atoms with E-state index in [1.807, 2.05) is 6.92 Å². The normalized spacial score (nSPS) is 15.5. The van der Waals surface area contributed by atoms with E-state index in [4.69, 9.17) is 0 Å². The SMILES string of the molecule is Cc1c(F)cc(-c2cccc3c2-c2ccccc2C3(C)C)cc1-c1cccc2c1-c1ccccc1C2(C)C. The molecule has 1 heteroatoms. The predicted octanol–water partition coefficient (Wildman–Crippen LogP) is 10.1. The number of benzene rings is 5. The molecule has 5 aromatic rings. The minimum absolute atomic E-state index is 0.0937. The van der Waals surface area contributed by atoms with E-state index in [-0.39, 0.29) is 16.6 Å². The Balaban J connectivity index is 1.50. The van der Waals surface area contributed by atoms with Crippen LogP contribution in [-0.2, 0) is 10.8 Å². The third-order valence-electron chi connectivity index (χ3n) is 9.16. The van der Waals surface area contributed by atoms with Crippen molar-refractivity contribution in [2.45, 2.75) is 45.4 Å². The summed E-state index contributed by atoms with van der Waals surface area (Å²) in [6.45, 7) is 11.1. The maximum atomic E-state index is 15.8. The van der Waals surface area contributed by atoms with Gasteiger partial charge in [-0.05, 0) is 91.4 Å². The molecule has 186 valence electrons. The number of hydrogen-bond acceptors (Lipinski definition) is 0. The first kappa shape index (κ1) is 23.2. The van der Waals surface area contributed by atoms with E-state index in [9.17, 15) is 0 Å². The quantitative estimate of drug-likeness (QED) is 0.229. The third-order valence-corrected chi connectivity index (χ3v) is 9.16. The summed E-state index contributed by atoms with van der Waals surface area (Å²) >= 11 is 0. The Morgan fingerprint density at radius 1 is 0.474 bits per heavy atom. The molecule has 0 saturated heterocycles. The van der Waals surface area contributed by atoms with Crippen LogP contribution in [0.3, 0.4) is 0 Å². The standard InChI is InChI=1S/C37H31F/c1-22-28(25-15-11-19-32-35(25)27-13-7-9-17-30(27)37(32,4)5)20-23(21-33(22)38)24-14-10-18-31-34(24)26-12-6-8-16-29(26)36(31,2)3/h6-21H,1-5H3. The second-order valence-corrected chi connectivity index (χ2v) is 11.9. The summed E-state index contributed by atoms with van der Waals surface area (Å²) in [6.07, 6.45) is 0. The van der Waals surface area contributed by atoms with Crippen LogP contribution in [0.1, 0.15) is 55.5 Å². The Bertz CT molecular complexity index is 1780. The van der Waals surface area contributed by atoms with E-state index < -0.39 is 0 Å². The van der Waals surface area contributed by atoms with Gasteiger partial charge < -0.3 is 0 Å². The molecule has 0 unspecified atom stereocenters. The fourth-order valence-electron chi connectivity index (χ4n) is 7.09. The van der Waals surface area contributed by atoms with E-state index in [0.717, 1.165) is 22.3 Å². The molecule has 0 heterocycles. The van der Waals surface area contributed by atoms with Gasteiger partial charge in [-0.15, -0.1) is 0 Å². The average molecular weight is 495 g/mol. The van der Waals surface area contributed by atoms with Crippen LogP contribution >= 0.6 is 0 Å². The average Bonchev–Trinajstić information content (AvgIpc) is 3.31. The van der Waals surface area contributed by atoms with Gasteiger partial charge in [-0.1, -0.05) is 113 Å². The first-order valence-corrected chi connectivity index (χ1v) is 13.5. The Morgan fingerprint density at radius 3 is 1.50 bits per heavy atom. The first-order chi connectivity index (χ1) is 18.2. The molecular weight excluding hydrogens is 463 g/mol. The van der Waals surface area contributed by atoms with E-state index in [1.165, 1.54) is 44.5 Å². The highest BCUT2D eigenvalue weighted by Crippen LogP contribution is 2.54. The van der Waals surface area contributed by atoms with Gasteiger partial charge in [0, 0.05) is 10.8 Å². The molecule has 0 saturated carbocycles. The van der Waals surface area contributed by atoms with Gasteiger partial charge in [0.25, 0.3) is 0 Å². The molecule has 7 rings (SSSR count). The molecule has 5 aromatic carbocycles. The molecule has 0 N–H and O–H groups in total. The smallest absolute Gasteiger partial charge is 0.127 e. The number of hydrogen-bond donors (Lipinski definition) is 0. The van der Waals surface area contributed by atoms with Gasteiger partial charge >= 0.3 is 0 Å². The van der Waals surface area contributed by atoms with Gasteiger partial charge in [-0.2, -0.15) is 0 Å². The number of rotatable bonds is 2. The molecule has 2 aliphatic rings. The largest absolute Gasteiger partial charge is 0.207 e. The van der Waals surface area contributed by atoms with Crippen molar-refractivity contribution >= 4 is 0 Å². The molecular formula is C37H31F. The van der Waals surface area contributed by atoms with Gasteiger partial charge in [0.1, 0.15) is 5.82 Å². The number of halogens is 1. The van der Waals surface area contributed by atoms with Crippen molar-refractivity contribution in [3.05, 3.63) is 131 Å². The van der Waals surface area contributed by atoms with E-state index in [0.29, 0.717) is 5.56 Å². The zero-order valence-electron chi connectivity index (χ0n) is 22.6. The van der Waals surface area contributed by atoms with Crippen LogP contribution in [-0.4, -0.2) is 0 Å². The van der Waals surface area contributed by atoms with Crippen molar-refractivity contribution in [3.63, 3.8) is 0 Å². The highest BCUT2D eigenvalue weighted by Gasteiger charge is 2.38. The van der Waals surface area contributed by atoms with E-state index in [1.54, 1.807) is 6.07 Å². The molecule has 0 aromatic heterocycles. The molecule has 0 fully saturated rings. The van der Waals surface area contributed by atoms with Crippen LogP contribution in [0.4, 0.5) is 4.39 Å². The summed E-state index contributed by atoms with van der Waals surface area (Å²) in [5, 5.41) is 0. The molecule has 0 amide bonds. The predicted molar refractivity (Wildman–Crippen MR) is 157 cm³/mol. The van der Waals surface area contributed by atoms with Gasteiger partial charge in [0.05, 0.1) is 0 Å². The van der Waals surface area contributed by atoms with Crippen molar-refractivity contribution in [1.82, 2.24) is 0 Å². The van der Waals surface area contributed by atoms with Crippen molar-refractivity contribution in [3.8, 4) is 44.5 Å². The lowest BCUT2D eigenvalue weighted by Gasteiger charge is -2.22. The molecule has 0 aliphatic heterocycles. The zero-order chi connectivity index (χ0) is 26.4. The second-order valence-electron chi connectivity index (χ2n) is 11.9. The lowest BCUT2D eigenvalue weighted by Crippen LogP contribution is -2.14. The van der Waals surface area contributed by atoms with Crippen LogP contribution in [0.25, 0.3) is 44.5 Å². The molecule has 2 aliphatic carbocycles. The highest BCUT2D eigenvalue weighted by atomic mass is 19.1. The fraction of sp³-hybridized carbons (Fsp3) is 0.189. The molecule has 0 nitrogen and oxygen atoms in total. The summed E-state index contributed by atoms with van der Waals surface area (Å²) in [5.41, 5.74) is 14.8. The van der Waals surface area contributed by atoms with Crippen LogP contribution in [0, 0.1) is 12.7 Å². The summed E-state index contributed by atoms with van der Waals surface area (Å²) in [4.78, 5) is 0. The van der Waals surface area contributed by atoms with Crippen molar-refractivity contribution in [1.29, 1.82) is 0 Å². The van der Waals surface area contributed by atoms with Gasteiger partial charge in [-0.25, -0.2) is 4.39 Å². The number of fused-ring (bicyclic) bond motifs is 6. The Hall–Kier alpha value is -3.97. The van der Waals surface area contributed by atoms with Crippen molar-refractivity contribution in [2.75, 3.05) is 0 Å². The maximum Gasteiger partial charge on any atom is 0.127 e. The topological polar surface area (TPSA) is 0 Å². The van der Waals surface area contributed by atoms with Crippen LogP contribution in [0.15, 0.2) is 97.1 Å². The van der Waals surface area contributed by atoms with Crippen molar-refractivity contribution in [2.24, 2.45) is 0 Å². The minimum Gasteiger partial charge on any atom is -0.207 e. The van der Waals surface area contributed by atoms with Gasteiger partial charge in [0.2, 0.25) is 0 Å². The third kappa shape index (κ3) is 2.96. The van der Waals surface area contributed by atoms with Crippen LogP contribution in [0.2, 0.25) is 0 Å². The van der Waals surface area contributed by atoms with Gasteiger partial charge in [-0.3, -0.25) is 0 Å². The lowest BCUT2D eigenvalue weighted by atomic mass is 9.81. The van der Waals surface area contributed by atoms with Gasteiger partial charge in [0.15, 0.2) is 0 Å². The first-order valence-electron chi connectivity index (χ1n) is 13.5. The minimum atomic E-state index is -0.163. The summed E-state index contributed by atoms with van der Waals surface area (Å²) < 4.78 is 15.8. The highest BCUT2D eigenvalue weighted by molar-refractivity contribution is 5.96. The zero-order valence-corrected chi connectivity index (χ0v) is 22.6. The van der Waals surface area contributed by atoms with Crippen LogP contribution < -0.4 is 0 Å². The van der Waals surface area contributed by atoms with Crippen LogP contribution in [0.5, 0.6) is 0 Å². The lowest BCUT2D eigenvalue weighted by molar-refractivity contribution is 0.619. The second kappa shape index (κ2) is 7.77. The van der Waals surface area contributed by atoms with E-state index in [2.05, 4.69) is 119 Å².